The molecule has 0 unspecified atom stereocenters. The Bertz CT molecular complexity index is 272. The standard InChI is InChI=1S/C7H5ClF3NO/c8-13-12-6-3-1-5(2-4-6)7(9,10)11/h1-4,12H. The van der Waals surface area contributed by atoms with Crippen LogP contribution in [0.1, 0.15) is 5.56 Å². The molecule has 0 aliphatic heterocycles. The lowest BCUT2D eigenvalue weighted by Crippen LogP contribution is -2.04. The van der Waals surface area contributed by atoms with E-state index in [-0.39, 0.29) is 0 Å². The van der Waals surface area contributed by atoms with Gasteiger partial charge in [-0.05, 0) is 24.3 Å². The van der Waals surface area contributed by atoms with E-state index in [9.17, 15) is 13.2 Å². The van der Waals surface area contributed by atoms with E-state index in [2.05, 4.69) is 9.87 Å². The van der Waals surface area contributed by atoms with Gasteiger partial charge in [-0.25, -0.2) is 5.48 Å². The number of hydrogen-bond acceptors (Lipinski definition) is 2. The zero-order valence-corrected chi connectivity index (χ0v) is 6.99. The van der Waals surface area contributed by atoms with Crippen molar-refractivity contribution in [2.45, 2.75) is 6.18 Å². The molecule has 1 aromatic carbocycles. The molecule has 0 saturated carbocycles. The van der Waals surface area contributed by atoms with Gasteiger partial charge in [-0.2, -0.15) is 17.6 Å². The molecule has 13 heavy (non-hydrogen) atoms. The van der Waals surface area contributed by atoms with Crippen LogP contribution in [0.25, 0.3) is 0 Å². The first kappa shape index (κ1) is 10.1. The lowest BCUT2D eigenvalue weighted by Gasteiger charge is -2.06. The lowest BCUT2D eigenvalue weighted by atomic mass is 10.2. The minimum absolute atomic E-state index is 0.350. The van der Waals surface area contributed by atoms with Gasteiger partial charge in [0, 0.05) is 0 Å². The molecule has 0 aliphatic rings. The first-order valence-corrected chi connectivity index (χ1v) is 3.56. The zero-order chi connectivity index (χ0) is 9.90. The molecule has 6 heteroatoms. The molecule has 0 saturated heterocycles. The topological polar surface area (TPSA) is 21.3 Å². The number of nitrogens with one attached hydrogen (secondary N) is 1. The van der Waals surface area contributed by atoms with Crippen molar-refractivity contribution >= 4 is 17.6 Å². The summed E-state index contributed by atoms with van der Waals surface area (Å²) in [6, 6.07) is 4.28. The van der Waals surface area contributed by atoms with Gasteiger partial charge in [0.1, 0.15) is 0 Å². The molecule has 0 bridgehead atoms. The van der Waals surface area contributed by atoms with Crippen LogP contribution in [0.2, 0.25) is 0 Å². The van der Waals surface area contributed by atoms with E-state index >= 15 is 0 Å². The normalized spacial score (nSPS) is 11.4. The second-order valence-corrected chi connectivity index (χ2v) is 2.41. The molecule has 0 heterocycles. The zero-order valence-electron chi connectivity index (χ0n) is 6.23. The van der Waals surface area contributed by atoms with Crippen molar-refractivity contribution < 1.29 is 17.6 Å². The molecule has 0 fully saturated rings. The lowest BCUT2D eigenvalue weighted by molar-refractivity contribution is -0.137. The SMILES string of the molecule is FC(F)(F)c1ccc(NOCl)cc1. The van der Waals surface area contributed by atoms with E-state index in [0.717, 1.165) is 12.1 Å². The largest absolute Gasteiger partial charge is 0.416 e. The summed E-state index contributed by atoms with van der Waals surface area (Å²) in [6.45, 7) is 0. The van der Waals surface area contributed by atoms with Gasteiger partial charge < -0.3 is 0 Å². The highest BCUT2D eigenvalue weighted by atomic mass is 35.5. The van der Waals surface area contributed by atoms with E-state index in [1.807, 2.05) is 0 Å². The van der Waals surface area contributed by atoms with E-state index in [0.29, 0.717) is 5.69 Å². The predicted octanol–water partition coefficient (Wildman–Crippen LogP) is 3.20. The van der Waals surface area contributed by atoms with Crippen LogP contribution >= 0.6 is 11.9 Å². The molecule has 1 rings (SSSR count). The van der Waals surface area contributed by atoms with Crippen molar-refractivity contribution in [3.8, 4) is 0 Å². The van der Waals surface area contributed by atoms with Crippen molar-refractivity contribution in [1.82, 2.24) is 0 Å². The monoisotopic (exact) mass is 211 g/mol. The highest BCUT2D eigenvalue weighted by Gasteiger charge is 2.29. The molecule has 0 spiro atoms. The van der Waals surface area contributed by atoms with E-state index in [4.69, 9.17) is 11.9 Å². The Kier molecular flexibility index (Phi) is 3.00. The fourth-order valence-corrected chi connectivity index (χ4v) is 0.861. The Morgan fingerprint density at radius 1 is 1.15 bits per heavy atom. The van der Waals surface area contributed by atoms with Gasteiger partial charge in [-0.1, -0.05) is 0 Å². The minimum Gasteiger partial charge on any atom is -0.248 e. The smallest absolute Gasteiger partial charge is 0.248 e. The maximum Gasteiger partial charge on any atom is 0.416 e. The third-order valence-corrected chi connectivity index (χ3v) is 1.45. The van der Waals surface area contributed by atoms with E-state index in [1.165, 1.54) is 12.1 Å². The van der Waals surface area contributed by atoms with Crippen molar-refractivity contribution in [3.63, 3.8) is 0 Å². The van der Waals surface area contributed by atoms with Crippen molar-refractivity contribution in [3.05, 3.63) is 29.8 Å². The van der Waals surface area contributed by atoms with Gasteiger partial charge in [-0.3, -0.25) is 0 Å². The fraction of sp³-hybridized carbons (Fsp3) is 0.143. The summed E-state index contributed by atoms with van der Waals surface area (Å²) in [5.74, 6) is 0. The summed E-state index contributed by atoms with van der Waals surface area (Å²) >= 11 is 4.83. The maximum absolute atomic E-state index is 12.0. The Hall–Kier alpha value is -0.940. The molecule has 72 valence electrons. The van der Waals surface area contributed by atoms with Crippen LogP contribution in [0.3, 0.4) is 0 Å². The quantitative estimate of drug-likeness (QED) is 0.759. The van der Waals surface area contributed by atoms with Crippen LogP contribution in [0.15, 0.2) is 24.3 Å². The second-order valence-electron chi connectivity index (χ2n) is 2.25. The summed E-state index contributed by atoms with van der Waals surface area (Å²) in [7, 11) is 0. The summed E-state index contributed by atoms with van der Waals surface area (Å²) in [6.07, 6.45) is -4.32. The van der Waals surface area contributed by atoms with Crippen molar-refractivity contribution in [2.75, 3.05) is 5.48 Å². The average molecular weight is 212 g/mol. The van der Waals surface area contributed by atoms with E-state index < -0.39 is 11.7 Å². The highest BCUT2D eigenvalue weighted by Crippen LogP contribution is 2.29. The minimum atomic E-state index is -4.32. The molecule has 1 N–H and O–H groups in total. The second kappa shape index (κ2) is 3.85. The van der Waals surface area contributed by atoms with Gasteiger partial charge in [0.25, 0.3) is 0 Å². The summed E-state index contributed by atoms with van der Waals surface area (Å²) in [4.78, 5) is 0. The van der Waals surface area contributed by atoms with Crippen LogP contribution in [-0.2, 0) is 10.6 Å². The van der Waals surface area contributed by atoms with Crippen molar-refractivity contribution in [1.29, 1.82) is 0 Å². The van der Waals surface area contributed by atoms with Gasteiger partial charge in [-0.15, -0.1) is 0 Å². The van der Waals surface area contributed by atoms with Gasteiger partial charge in [0.2, 0.25) is 0 Å². The fourth-order valence-electron chi connectivity index (χ4n) is 0.772. The molecule has 1 aromatic rings. The Morgan fingerprint density at radius 2 is 1.69 bits per heavy atom. The number of rotatable bonds is 2. The molecular weight excluding hydrogens is 207 g/mol. The Morgan fingerprint density at radius 3 is 2.08 bits per heavy atom. The maximum atomic E-state index is 12.0. The predicted molar refractivity (Wildman–Crippen MR) is 42.0 cm³/mol. The Labute approximate surface area is 77.4 Å². The van der Waals surface area contributed by atoms with Crippen molar-refractivity contribution in [2.24, 2.45) is 0 Å². The number of hydrogen-bond donors (Lipinski definition) is 1. The van der Waals surface area contributed by atoms with Crippen LogP contribution in [-0.4, -0.2) is 0 Å². The van der Waals surface area contributed by atoms with Crippen LogP contribution in [0.5, 0.6) is 0 Å². The molecule has 0 amide bonds. The number of alkyl halides is 3. The van der Waals surface area contributed by atoms with Gasteiger partial charge >= 0.3 is 6.18 Å². The first-order chi connectivity index (χ1) is 6.04. The number of anilines is 1. The van der Waals surface area contributed by atoms with Crippen LogP contribution in [0, 0.1) is 0 Å². The van der Waals surface area contributed by atoms with Crippen LogP contribution < -0.4 is 5.48 Å². The van der Waals surface area contributed by atoms with Crippen LogP contribution in [0.4, 0.5) is 18.9 Å². The van der Waals surface area contributed by atoms with Gasteiger partial charge in [0.05, 0.1) is 23.1 Å². The molecular formula is C7H5ClF3NO. The van der Waals surface area contributed by atoms with Gasteiger partial charge in [0.15, 0.2) is 0 Å². The number of benzene rings is 1. The summed E-state index contributed by atoms with van der Waals surface area (Å²) < 4.78 is 40.1. The van der Waals surface area contributed by atoms with E-state index in [1.54, 1.807) is 0 Å². The first-order valence-electron chi connectivity index (χ1n) is 3.25. The molecule has 2 nitrogen and oxygen atoms in total. The molecule has 0 aromatic heterocycles. The molecule has 0 aliphatic carbocycles. The molecule has 0 radical (unpaired) electrons. The third-order valence-electron chi connectivity index (χ3n) is 1.37. The average Bonchev–Trinajstić information content (AvgIpc) is 2.04. The summed E-state index contributed by atoms with van der Waals surface area (Å²) in [5, 5.41) is 0. The third kappa shape index (κ3) is 2.78. The molecule has 0 atom stereocenters. The Balaban J connectivity index is 2.81. The highest BCUT2D eigenvalue weighted by molar-refractivity contribution is 6.07. The number of halogens is 4. The summed E-state index contributed by atoms with van der Waals surface area (Å²) in [5.41, 5.74) is 1.82.